The van der Waals surface area contributed by atoms with Gasteiger partial charge in [0.25, 0.3) is 0 Å². The van der Waals surface area contributed by atoms with E-state index in [0.29, 0.717) is 12.5 Å². The van der Waals surface area contributed by atoms with Crippen LogP contribution in [0.1, 0.15) is 25.7 Å². The van der Waals surface area contributed by atoms with Crippen LogP contribution < -0.4 is 0 Å². The molecule has 1 aliphatic rings. The second-order valence-electron chi connectivity index (χ2n) is 4.09. The molecule has 0 aliphatic heterocycles. The minimum absolute atomic E-state index is 0.0298. The van der Waals surface area contributed by atoms with Crippen molar-refractivity contribution in [2.75, 3.05) is 26.9 Å². The summed E-state index contributed by atoms with van der Waals surface area (Å²) in [6.07, 6.45) is 4.67. The molecule has 0 aromatic heterocycles. The van der Waals surface area contributed by atoms with Crippen LogP contribution in [-0.4, -0.2) is 37.1 Å². The van der Waals surface area contributed by atoms with E-state index in [1.165, 1.54) is 12.8 Å². The Balaban J connectivity index is 2.62. The number of hydrogen-bond donors (Lipinski definition) is 2. The highest BCUT2D eigenvalue weighted by Gasteiger charge is 2.39. The van der Waals surface area contributed by atoms with E-state index in [-0.39, 0.29) is 13.2 Å². The average molecular weight is 188 g/mol. The van der Waals surface area contributed by atoms with E-state index in [9.17, 15) is 10.2 Å². The van der Waals surface area contributed by atoms with Gasteiger partial charge in [0.2, 0.25) is 0 Å². The Morgan fingerprint density at radius 3 is 2.15 bits per heavy atom. The Bertz CT molecular complexity index is 137. The maximum absolute atomic E-state index is 9.33. The van der Waals surface area contributed by atoms with E-state index in [1.807, 2.05) is 0 Å². The van der Waals surface area contributed by atoms with E-state index < -0.39 is 5.41 Å². The molecular weight excluding hydrogens is 168 g/mol. The van der Waals surface area contributed by atoms with Crippen molar-refractivity contribution in [3.05, 3.63) is 0 Å². The van der Waals surface area contributed by atoms with Crippen LogP contribution in [0.15, 0.2) is 0 Å². The molecule has 1 aliphatic carbocycles. The lowest BCUT2D eigenvalue weighted by atomic mass is 9.76. The fraction of sp³-hybridized carbons (Fsp3) is 1.00. The Labute approximate surface area is 79.7 Å². The van der Waals surface area contributed by atoms with Gasteiger partial charge in [-0.1, -0.05) is 12.8 Å². The summed E-state index contributed by atoms with van der Waals surface area (Å²) >= 11 is 0. The normalized spacial score (nSPS) is 19.6. The molecule has 0 unspecified atom stereocenters. The first-order chi connectivity index (χ1) is 6.29. The molecule has 0 spiro atoms. The zero-order chi connectivity index (χ0) is 9.73. The molecule has 1 rings (SSSR count). The fourth-order valence-corrected chi connectivity index (χ4v) is 2.34. The summed E-state index contributed by atoms with van der Waals surface area (Å²) in [5.74, 6) is 0.433. The zero-order valence-electron chi connectivity index (χ0n) is 8.33. The second-order valence-corrected chi connectivity index (χ2v) is 4.09. The monoisotopic (exact) mass is 188 g/mol. The fourth-order valence-electron chi connectivity index (χ4n) is 2.34. The van der Waals surface area contributed by atoms with E-state index in [2.05, 4.69) is 0 Å². The summed E-state index contributed by atoms with van der Waals surface area (Å²) < 4.78 is 5.08. The Morgan fingerprint density at radius 1 is 1.23 bits per heavy atom. The quantitative estimate of drug-likeness (QED) is 0.670. The van der Waals surface area contributed by atoms with Crippen LogP contribution in [0, 0.1) is 11.3 Å². The number of hydrogen-bond acceptors (Lipinski definition) is 3. The molecule has 1 fully saturated rings. The SMILES string of the molecule is COCC(CO)(CO)C1CCCC1. The zero-order valence-corrected chi connectivity index (χ0v) is 8.33. The van der Waals surface area contributed by atoms with Crippen LogP contribution in [0.2, 0.25) is 0 Å². The number of aliphatic hydroxyl groups is 2. The van der Waals surface area contributed by atoms with Crippen LogP contribution in [0.5, 0.6) is 0 Å². The summed E-state index contributed by atoms with van der Waals surface area (Å²) in [4.78, 5) is 0. The molecular formula is C10H20O3. The second kappa shape index (κ2) is 4.94. The molecule has 1 saturated carbocycles. The Morgan fingerprint density at radius 2 is 1.77 bits per heavy atom. The van der Waals surface area contributed by atoms with Crippen molar-refractivity contribution < 1.29 is 14.9 Å². The van der Waals surface area contributed by atoms with Crippen LogP contribution in [0.4, 0.5) is 0 Å². The van der Waals surface area contributed by atoms with Crippen LogP contribution >= 0.6 is 0 Å². The highest BCUT2D eigenvalue weighted by Crippen LogP contribution is 2.39. The van der Waals surface area contributed by atoms with Crippen LogP contribution in [0.25, 0.3) is 0 Å². The number of rotatable bonds is 5. The van der Waals surface area contributed by atoms with Gasteiger partial charge < -0.3 is 14.9 Å². The van der Waals surface area contributed by atoms with Crippen molar-refractivity contribution in [2.24, 2.45) is 11.3 Å². The molecule has 0 atom stereocenters. The summed E-state index contributed by atoms with van der Waals surface area (Å²) in [5.41, 5.74) is -0.398. The summed E-state index contributed by atoms with van der Waals surface area (Å²) in [7, 11) is 1.62. The molecule has 0 saturated heterocycles. The topological polar surface area (TPSA) is 49.7 Å². The number of ether oxygens (including phenoxy) is 1. The first-order valence-electron chi connectivity index (χ1n) is 5.00. The van der Waals surface area contributed by atoms with Gasteiger partial charge in [-0.15, -0.1) is 0 Å². The van der Waals surface area contributed by atoms with Gasteiger partial charge in [-0.3, -0.25) is 0 Å². The largest absolute Gasteiger partial charge is 0.396 e. The van der Waals surface area contributed by atoms with Crippen LogP contribution in [0.3, 0.4) is 0 Å². The van der Waals surface area contributed by atoms with E-state index in [1.54, 1.807) is 7.11 Å². The average Bonchev–Trinajstić information content (AvgIpc) is 2.68. The molecule has 13 heavy (non-hydrogen) atoms. The minimum Gasteiger partial charge on any atom is -0.396 e. The lowest BCUT2D eigenvalue weighted by molar-refractivity contribution is -0.0501. The highest BCUT2D eigenvalue weighted by atomic mass is 16.5. The third kappa shape index (κ3) is 2.22. The van der Waals surface area contributed by atoms with Crippen molar-refractivity contribution in [2.45, 2.75) is 25.7 Å². The molecule has 0 aromatic carbocycles. The van der Waals surface area contributed by atoms with Gasteiger partial charge in [0.1, 0.15) is 0 Å². The van der Waals surface area contributed by atoms with Gasteiger partial charge in [0.05, 0.1) is 19.8 Å². The van der Waals surface area contributed by atoms with Gasteiger partial charge in [-0.25, -0.2) is 0 Å². The third-order valence-corrected chi connectivity index (χ3v) is 3.28. The number of methoxy groups -OCH3 is 1. The van der Waals surface area contributed by atoms with Gasteiger partial charge >= 0.3 is 0 Å². The van der Waals surface area contributed by atoms with Gasteiger partial charge in [-0.2, -0.15) is 0 Å². The lowest BCUT2D eigenvalue weighted by Crippen LogP contribution is -2.41. The summed E-state index contributed by atoms with van der Waals surface area (Å²) in [5, 5.41) is 18.7. The maximum atomic E-state index is 9.33. The van der Waals surface area contributed by atoms with Crippen molar-refractivity contribution in [3.63, 3.8) is 0 Å². The minimum atomic E-state index is -0.398. The van der Waals surface area contributed by atoms with Gasteiger partial charge in [0.15, 0.2) is 0 Å². The van der Waals surface area contributed by atoms with Crippen molar-refractivity contribution >= 4 is 0 Å². The first kappa shape index (κ1) is 11.0. The molecule has 0 bridgehead atoms. The maximum Gasteiger partial charge on any atom is 0.0565 e. The Kier molecular flexibility index (Phi) is 4.16. The molecule has 0 aromatic rings. The Hall–Kier alpha value is -0.120. The van der Waals surface area contributed by atoms with Crippen molar-refractivity contribution in [3.8, 4) is 0 Å². The molecule has 0 radical (unpaired) electrons. The first-order valence-corrected chi connectivity index (χ1v) is 5.00. The highest BCUT2D eigenvalue weighted by molar-refractivity contribution is 4.88. The molecule has 2 N–H and O–H groups in total. The summed E-state index contributed by atoms with van der Waals surface area (Å²) in [6.45, 7) is 0.523. The predicted octanol–water partition coefficient (Wildman–Crippen LogP) is 0.794. The standard InChI is InChI=1S/C10H20O3/c1-13-8-10(6-11,7-12)9-4-2-3-5-9/h9,11-12H,2-8H2,1H3. The number of aliphatic hydroxyl groups excluding tert-OH is 2. The van der Waals surface area contributed by atoms with E-state index >= 15 is 0 Å². The van der Waals surface area contributed by atoms with Gasteiger partial charge in [-0.05, 0) is 18.8 Å². The molecule has 3 nitrogen and oxygen atoms in total. The van der Waals surface area contributed by atoms with Crippen molar-refractivity contribution in [1.29, 1.82) is 0 Å². The molecule has 0 heterocycles. The summed E-state index contributed by atoms with van der Waals surface area (Å²) in [6, 6.07) is 0. The van der Waals surface area contributed by atoms with E-state index in [0.717, 1.165) is 12.8 Å². The van der Waals surface area contributed by atoms with Crippen molar-refractivity contribution in [1.82, 2.24) is 0 Å². The predicted molar refractivity (Wildman–Crippen MR) is 50.4 cm³/mol. The molecule has 0 amide bonds. The molecule has 78 valence electrons. The van der Waals surface area contributed by atoms with Crippen LogP contribution in [-0.2, 0) is 4.74 Å². The molecule has 3 heteroatoms. The third-order valence-electron chi connectivity index (χ3n) is 3.28. The van der Waals surface area contributed by atoms with Gasteiger partial charge in [0, 0.05) is 12.5 Å². The van der Waals surface area contributed by atoms with E-state index in [4.69, 9.17) is 4.74 Å². The lowest BCUT2D eigenvalue weighted by Gasteiger charge is -2.35. The smallest absolute Gasteiger partial charge is 0.0565 e.